The van der Waals surface area contributed by atoms with Crippen molar-refractivity contribution in [3.8, 4) is 11.5 Å². The molecule has 0 bridgehead atoms. The van der Waals surface area contributed by atoms with E-state index in [4.69, 9.17) is 21.1 Å². The molecular formula is C17H13ClN2O5. The smallest absolute Gasteiger partial charge is 0.288 e. The van der Waals surface area contributed by atoms with Gasteiger partial charge >= 0.3 is 0 Å². The molecule has 7 nitrogen and oxygen atoms in total. The average Bonchev–Trinajstić information content (AvgIpc) is 2.88. The van der Waals surface area contributed by atoms with Crippen LogP contribution in [0.15, 0.2) is 30.3 Å². The highest BCUT2D eigenvalue weighted by molar-refractivity contribution is 6.37. The van der Waals surface area contributed by atoms with Gasteiger partial charge in [-0.05, 0) is 29.8 Å². The van der Waals surface area contributed by atoms with Crippen LogP contribution in [0.4, 0.5) is 11.4 Å². The van der Waals surface area contributed by atoms with Gasteiger partial charge in [0.2, 0.25) is 0 Å². The summed E-state index contributed by atoms with van der Waals surface area (Å²) in [5.74, 6) is 0.710. The summed E-state index contributed by atoms with van der Waals surface area (Å²) >= 11 is 5.89. The lowest BCUT2D eigenvalue weighted by Crippen LogP contribution is -2.03. The Morgan fingerprint density at radius 2 is 1.88 bits per heavy atom. The van der Waals surface area contributed by atoms with E-state index in [9.17, 15) is 14.9 Å². The van der Waals surface area contributed by atoms with Gasteiger partial charge in [0.05, 0.1) is 24.8 Å². The van der Waals surface area contributed by atoms with E-state index in [1.165, 1.54) is 26.4 Å². The number of amides is 1. The van der Waals surface area contributed by atoms with Crippen LogP contribution in [-0.4, -0.2) is 25.1 Å². The van der Waals surface area contributed by atoms with E-state index >= 15 is 0 Å². The van der Waals surface area contributed by atoms with E-state index in [-0.39, 0.29) is 16.6 Å². The predicted molar refractivity (Wildman–Crippen MR) is 94.2 cm³/mol. The van der Waals surface area contributed by atoms with Gasteiger partial charge in [0.25, 0.3) is 11.6 Å². The van der Waals surface area contributed by atoms with Gasteiger partial charge in [0.1, 0.15) is 5.02 Å². The monoisotopic (exact) mass is 360 g/mol. The van der Waals surface area contributed by atoms with E-state index in [2.05, 4.69) is 5.32 Å². The van der Waals surface area contributed by atoms with E-state index in [0.29, 0.717) is 33.9 Å². The van der Waals surface area contributed by atoms with Crippen molar-refractivity contribution in [2.75, 3.05) is 19.5 Å². The first kappa shape index (κ1) is 16.8. The van der Waals surface area contributed by atoms with Gasteiger partial charge in [-0.2, -0.15) is 0 Å². The minimum absolute atomic E-state index is 0.0311. The number of nitro benzene ring substituents is 1. The second-order valence-electron chi connectivity index (χ2n) is 5.23. The number of halogens is 1. The minimum atomic E-state index is -0.584. The van der Waals surface area contributed by atoms with Crippen molar-refractivity contribution in [2.24, 2.45) is 0 Å². The third kappa shape index (κ3) is 3.01. The van der Waals surface area contributed by atoms with Crippen molar-refractivity contribution in [3.63, 3.8) is 0 Å². The second-order valence-corrected chi connectivity index (χ2v) is 5.64. The first-order chi connectivity index (χ1) is 11.9. The number of carbonyl (C=O) groups is 1. The number of nitrogens with one attached hydrogen (secondary N) is 1. The Labute approximate surface area is 148 Å². The van der Waals surface area contributed by atoms with E-state index < -0.39 is 4.92 Å². The summed E-state index contributed by atoms with van der Waals surface area (Å²) in [5, 5.41) is 13.7. The summed E-state index contributed by atoms with van der Waals surface area (Å²) < 4.78 is 10.4. The highest BCUT2D eigenvalue weighted by Gasteiger charge is 2.28. The van der Waals surface area contributed by atoms with E-state index in [1.54, 1.807) is 24.3 Å². The van der Waals surface area contributed by atoms with Crippen molar-refractivity contribution in [3.05, 3.63) is 56.6 Å². The van der Waals surface area contributed by atoms with Crippen LogP contribution < -0.4 is 14.8 Å². The molecule has 0 saturated carbocycles. The number of ether oxygens (including phenoxy) is 2. The SMILES string of the molecule is COc1ccc(/C=C2/C(=O)Nc3cc(Cl)c([N+](=O)[O-])cc32)cc1OC. The van der Waals surface area contributed by atoms with Crippen molar-refractivity contribution >= 4 is 40.5 Å². The standard InChI is InChI=1S/C17H13ClN2O5/c1-24-15-4-3-9(6-16(15)25-2)5-11-10-7-14(20(22)23)12(18)8-13(10)19-17(11)21/h3-8H,1-2H3,(H,19,21)/b11-5+. The molecule has 1 amide bonds. The molecule has 1 heterocycles. The molecule has 0 saturated heterocycles. The summed E-state index contributed by atoms with van der Waals surface area (Å²) in [6.07, 6.45) is 1.63. The molecular weight excluding hydrogens is 348 g/mol. The van der Waals surface area contributed by atoms with Crippen LogP contribution in [0, 0.1) is 10.1 Å². The Balaban J connectivity index is 2.10. The maximum absolute atomic E-state index is 12.3. The van der Waals surface area contributed by atoms with Crippen LogP contribution in [0.1, 0.15) is 11.1 Å². The fraction of sp³-hybridized carbons (Fsp3) is 0.118. The molecule has 0 aromatic heterocycles. The van der Waals surface area contributed by atoms with Gasteiger partial charge in [-0.3, -0.25) is 14.9 Å². The second kappa shape index (κ2) is 6.45. The summed E-state index contributed by atoms with van der Waals surface area (Å²) in [5.41, 5.74) is 1.61. The highest BCUT2D eigenvalue weighted by Crippen LogP contribution is 2.40. The molecule has 25 heavy (non-hydrogen) atoms. The van der Waals surface area contributed by atoms with Crippen molar-refractivity contribution in [1.82, 2.24) is 0 Å². The number of rotatable bonds is 4. The normalized spacial score (nSPS) is 14.2. The molecule has 3 rings (SSSR count). The van der Waals surface area contributed by atoms with Crippen LogP contribution in [0.2, 0.25) is 5.02 Å². The molecule has 0 atom stereocenters. The summed E-state index contributed by atoms with van der Waals surface area (Å²) in [4.78, 5) is 22.8. The fourth-order valence-corrected chi connectivity index (χ4v) is 2.83. The average molecular weight is 361 g/mol. The van der Waals surface area contributed by atoms with Gasteiger partial charge in [0, 0.05) is 17.2 Å². The van der Waals surface area contributed by atoms with Gasteiger partial charge in [0.15, 0.2) is 11.5 Å². The van der Waals surface area contributed by atoms with Crippen LogP contribution in [0.25, 0.3) is 11.6 Å². The molecule has 1 N–H and O–H groups in total. The van der Waals surface area contributed by atoms with Gasteiger partial charge in [-0.1, -0.05) is 17.7 Å². The lowest BCUT2D eigenvalue weighted by Gasteiger charge is -2.08. The number of nitrogens with zero attached hydrogens (tertiary/aromatic N) is 1. The highest BCUT2D eigenvalue weighted by atomic mass is 35.5. The first-order valence-electron chi connectivity index (χ1n) is 7.18. The Kier molecular flexibility index (Phi) is 4.33. The molecule has 1 aliphatic heterocycles. The quantitative estimate of drug-likeness (QED) is 0.509. The number of hydrogen-bond acceptors (Lipinski definition) is 5. The maximum Gasteiger partial charge on any atom is 0.288 e. The number of fused-ring (bicyclic) bond motifs is 1. The number of methoxy groups -OCH3 is 2. The first-order valence-corrected chi connectivity index (χ1v) is 7.55. The number of anilines is 1. The summed E-state index contributed by atoms with van der Waals surface area (Å²) in [6, 6.07) is 7.85. The third-order valence-electron chi connectivity index (χ3n) is 3.79. The molecule has 128 valence electrons. The minimum Gasteiger partial charge on any atom is -0.493 e. The number of hydrogen-bond donors (Lipinski definition) is 1. The zero-order chi connectivity index (χ0) is 18.1. The summed E-state index contributed by atoms with van der Waals surface area (Å²) in [6.45, 7) is 0. The molecule has 0 radical (unpaired) electrons. The zero-order valence-corrected chi connectivity index (χ0v) is 14.1. The van der Waals surface area contributed by atoms with Crippen LogP contribution in [0.5, 0.6) is 11.5 Å². The Morgan fingerprint density at radius 3 is 2.52 bits per heavy atom. The van der Waals surface area contributed by atoms with Crippen LogP contribution in [-0.2, 0) is 4.79 Å². The molecule has 0 fully saturated rings. The molecule has 1 aliphatic rings. The summed E-state index contributed by atoms with van der Waals surface area (Å²) in [7, 11) is 3.04. The zero-order valence-electron chi connectivity index (χ0n) is 13.3. The molecule has 0 spiro atoms. The molecule has 2 aromatic rings. The largest absolute Gasteiger partial charge is 0.493 e. The Bertz CT molecular complexity index is 923. The maximum atomic E-state index is 12.3. The van der Waals surface area contributed by atoms with Gasteiger partial charge < -0.3 is 14.8 Å². The lowest BCUT2D eigenvalue weighted by molar-refractivity contribution is -0.384. The van der Waals surface area contributed by atoms with Crippen LogP contribution in [0.3, 0.4) is 0 Å². The number of carbonyl (C=O) groups excluding carboxylic acids is 1. The van der Waals surface area contributed by atoms with Gasteiger partial charge in [-0.15, -0.1) is 0 Å². The Hall–Kier alpha value is -3.06. The van der Waals surface area contributed by atoms with Crippen LogP contribution >= 0.6 is 11.6 Å². The predicted octanol–water partition coefficient (Wildman–Crippen LogP) is 3.76. The van der Waals surface area contributed by atoms with Crippen molar-refractivity contribution in [2.45, 2.75) is 0 Å². The Morgan fingerprint density at radius 1 is 1.16 bits per heavy atom. The molecule has 2 aromatic carbocycles. The number of nitro groups is 1. The lowest BCUT2D eigenvalue weighted by atomic mass is 10.0. The molecule has 8 heteroatoms. The van der Waals surface area contributed by atoms with E-state index in [0.717, 1.165) is 0 Å². The molecule has 0 aliphatic carbocycles. The molecule has 0 unspecified atom stereocenters. The topological polar surface area (TPSA) is 90.7 Å². The van der Waals surface area contributed by atoms with E-state index in [1.807, 2.05) is 0 Å². The number of benzene rings is 2. The third-order valence-corrected chi connectivity index (χ3v) is 4.09. The van der Waals surface area contributed by atoms with Gasteiger partial charge in [-0.25, -0.2) is 0 Å². The van der Waals surface area contributed by atoms with Crippen molar-refractivity contribution in [1.29, 1.82) is 0 Å². The van der Waals surface area contributed by atoms with Crippen molar-refractivity contribution < 1.29 is 19.2 Å². The fourth-order valence-electron chi connectivity index (χ4n) is 2.59.